The predicted molar refractivity (Wildman–Crippen MR) is 104 cm³/mol. The fraction of sp³-hybridized carbons (Fsp3) is 0.100. The molecule has 25 heavy (non-hydrogen) atoms. The van der Waals surface area contributed by atoms with E-state index in [2.05, 4.69) is 26.5 Å². The summed E-state index contributed by atoms with van der Waals surface area (Å²) in [6.45, 7) is 1.97. The Balaban J connectivity index is 1.82. The monoisotopic (exact) mass is 396 g/mol. The molecule has 0 aliphatic heterocycles. The van der Waals surface area contributed by atoms with Gasteiger partial charge in [-0.15, -0.1) is 0 Å². The molecule has 0 bridgehead atoms. The lowest BCUT2D eigenvalue weighted by molar-refractivity contribution is 0.0955. The lowest BCUT2D eigenvalue weighted by atomic mass is 10.0. The molecule has 0 heterocycles. The van der Waals surface area contributed by atoms with E-state index < -0.39 is 0 Å². The van der Waals surface area contributed by atoms with Crippen LogP contribution in [0.4, 0.5) is 0 Å². The third kappa shape index (κ3) is 3.72. The number of hydrogen-bond acceptors (Lipinski definition) is 3. The second-order valence-electron chi connectivity index (χ2n) is 5.57. The molecule has 0 aromatic heterocycles. The van der Waals surface area contributed by atoms with Gasteiger partial charge in [0.2, 0.25) is 0 Å². The van der Waals surface area contributed by atoms with Crippen LogP contribution in [0.1, 0.15) is 21.5 Å². The number of hydrazone groups is 1. The number of benzene rings is 3. The molecule has 0 fully saturated rings. The van der Waals surface area contributed by atoms with Crippen LogP contribution < -0.4 is 10.2 Å². The lowest BCUT2D eigenvalue weighted by Crippen LogP contribution is -2.17. The number of carbonyl (C=O) groups is 1. The van der Waals surface area contributed by atoms with Gasteiger partial charge in [-0.3, -0.25) is 4.79 Å². The number of rotatable bonds is 4. The molecule has 0 spiro atoms. The van der Waals surface area contributed by atoms with Crippen LogP contribution in [0.25, 0.3) is 10.8 Å². The molecule has 0 unspecified atom stereocenters. The van der Waals surface area contributed by atoms with Gasteiger partial charge < -0.3 is 4.74 Å². The summed E-state index contributed by atoms with van der Waals surface area (Å²) < 4.78 is 6.28. The standard InChI is InChI=1S/C20H17BrN2O2/c1-13-7-8-14(11-18(13)21)20(24)23-22-12-15-9-10-19(25-2)17-6-4-3-5-16(15)17/h3-12H,1-2H3,(H,23,24)/b22-12+. The van der Waals surface area contributed by atoms with Crippen LogP contribution in [-0.4, -0.2) is 19.2 Å². The number of amides is 1. The first-order valence-corrected chi connectivity index (χ1v) is 8.55. The molecule has 3 aromatic carbocycles. The van der Waals surface area contributed by atoms with Crippen LogP contribution in [0.5, 0.6) is 5.75 Å². The summed E-state index contributed by atoms with van der Waals surface area (Å²) in [4.78, 5) is 12.2. The Morgan fingerprint density at radius 2 is 1.88 bits per heavy atom. The summed E-state index contributed by atoms with van der Waals surface area (Å²) in [5, 5.41) is 6.11. The van der Waals surface area contributed by atoms with Crippen molar-refractivity contribution in [2.75, 3.05) is 7.11 Å². The number of methoxy groups -OCH3 is 1. The molecule has 0 saturated carbocycles. The third-order valence-electron chi connectivity index (χ3n) is 3.94. The zero-order chi connectivity index (χ0) is 17.8. The van der Waals surface area contributed by atoms with Gasteiger partial charge in [0.25, 0.3) is 5.91 Å². The van der Waals surface area contributed by atoms with Crippen LogP contribution in [0, 0.1) is 6.92 Å². The van der Waals surface area contributed by atoms with Crippen LogP contribution >= 0.6 is 15.9 Å². The van der Waals surface area contributed by atoms with Crippen LogP contribution in [0.3, 0.4) is 0 Å². The predicted octanol–water partition coefficient (Wildman–Crippen LogP) is 4.68. The minimum atomic E-state index is -0.255. The molecule has 3 aromatic rings. The average molecular weight is 397 g/mol. The van der Waals surface area contributed by atoms with E-state index in [0.29, 0.717) is 5.56 Å². The molecule has 0 aliphatic carbocycles. The minimum absolute atomic E-state index is 0.255. The van der Waals surface area contributed by atoms with Gasteiger partial charge in [-0.25, -0.2) is 5.43 Å². The van der Waals surface area contributed by atoms with E-state index in [1.54, 1.807) is 25.5 Å². The number of aryl methyl sites for hydroxylation is 1. The number of nitrogens with zero attached hydrogens (tertiary/aromatic N) is 1. The number of fused-ring (bicyclic) bond motifs is 1. The summed E-state index contributed by atoms with van der Waals surface area (Å²) in [5.41, 5.74) is 5.09. The molecule has 0 atom stereocenters. The van der Waals surface area contributed by atoms with Crippen molar-refractivity contribution in [3.05, 3.63) is 75.8 Å². The fourth-order valence-electron chi connectivity index (χ4n) is 2.54. The molecule has 126 valence electrons. The second-order valence-corrected chi connectivity index (χ2v) is 6.42. The van der Waals surface area contributed by atoms with E-state index in [9.17, 15) is 4.79 Å². The van der Waals surface area contributed by atoms with Crippen molar-refractivity contribution in [1.29, 1.82) is 0 Å². The molecule has 3 rings (SSSR count). The number of nitrogens with one attached hydrogen (secondary N) is 1. The van der Waals surface area contributed by atoms with E-state index >= 15 is 0 Å². The quantitative estimate of drug-likeness (QED) is 0.513. The number of halogens is 1. The Kier molecular flexibility index (Phi) is 5.14. The SMILES string of the molecule is COc1ccc(/C=N/NC(=O)c2ccc(C)c(Br)c2)c2ccccc12. The summed E-state index contributed by atoms with van der Waals surface area (Å²) in [7, 11) is 1.65. The largest absolute Gasteiger partial charge is 0.496 e. The van der Waals surface area contributed by atoms with Crippen molar-refractivity contribution < 1.29 is 9.53 Å². The highest BCUT2D eigenvalue weighted by Crippen LogP contribution is 2.27. The highest BCUT2D eigenvalue weighted by atomic mass is 79.9. The Bertz CT molecular complexity index is 967. The minimum Gasteiger partial charge on any atom is -0.496 e. The average Bonchev–Trinajstić information content (AvgIpc) is 2.64. The van der Waals surface area contributed by atoms with Crippen LogP contribution in [0.15, 0.2) is 64.2 Å². The molecule has 0 radical (unpaired) electrons. The van der Waals surface area contributed by atoms with Crippen molar-refractivity contribution in [3.8, 4) is 5.75 Å². The summed E-state index contributed by atoms with van der Waals surface area (Å²) in [6, 6.07) is 17.2. The van der Waals surface area contributed by atoms with E-state index in [0.717, 1.165) is 32.1 Å². The molecule has 1 N–H and O–H groups in total. The molecular weight excluding hydrogens is 380 g/mol. The van der Waals surface area contributed by atoms with Gasteiger partial charge in [0.1, 0.15) is 5.75 Å². The molecule has 0 saturated heterocycles. The zero-order valence-electron chi connectivity index (χ0n) is 13.9. The normalized spacial score (nSPS) is 11.0. The Hall–Kier alpha value is -2.66. The van der Waals surface area contributed by atoms with Gasteiger partial charge >= 0.3 is 0 Å². The van der Waals surface area contributed by atoms with Gasteiger partial charge in [0, 0.05) is 21.0 Å². The highest BCUT2D eigenvalue weighted by molar-refractivity contribution is 9.10. The van der Waals surface area contributed by atoms with Gasteiger partial charge in [-0.2, -0.15) is 5.10 Å². The summed E-state index contributed by atoms with van der Waals surface area (Å²) in [5.74, 6) is 0.552. The van der Waals surface area contributed by atoms with Crippen molar-refractivity contribution in [3.63, 3.8) is 0 Å². The first kappa shape index (κ1) is 17.2. The van der Waals surface area contributed by atoms with Crippen molar-refractivity contribution in [2.45, 2.75) is 6.92 Å². The summed E-state index contributed by atoms with van der Waals surface area (Å²) >= 11 is 3.43. The van der Waals surface area contributed by atoms with Crippen LogP contribution in [-0.2, 0) is 0 Å². The number of carbonyl (C=O) groups excluding carboxylic acids is 1. The van der Waals surface area contributed by atoms with Gasteiger partial charge in [0.15, 0.2) is 0 Å². The lowest BCUT2D eigenvalue weighted by Gasteiger charge is -2.07. The third-order valence-corrected chi connectivity index (χ3v) is 4.80. The van der Waals surface area contributed by atoms with Crippen molar-refractivity contribution >= 4 is 38.8 Å². The highest BCUT2D eigenvalue weighted by Gasteiger charge is 2.07. The van der Waals surface area contributed by atoms with Gasteiger partial charge in [0.05, 0.1) is 13.3 Å². The molecule has 0 aliphatic rings. The zero-order valence-corrected chi connectivity index (χ0v) is 15.5. The van der Waals surface area contributed by atoms with Gasteiger partial charge in [-0.1, -0.05) is 46.3 Å². The molecule has 5 heteroatoms. The number of ether oxygens (including phenoxy) is 1. The molecule has 4 nitrogen and oxygen atoms in total. The second kappa shape index (κ2) is 7.49. The molecule has 1 amide bonds. The van der Waals surface area contributed by atoms with Crippen LogP contribution in [0.2, 0.25) is 0 Å². The maximum absolute atomic E-state index is 12.2. The van der Waals surface area contributed by atoms with Crippen molar-refractivity contribution in [1.82, 2.24) is 5.43 Å². The molecular formula is C20H17BrN2O2. The fourth-order valence-corrected chi connectivity index (χ4v) is 2.92. The van der Waals surface area contributed by atoms with Crippen molar-refractivity contribution in [2.24, 2.45) is 5.10 Å². The summed E-state index contributed by atoms with van der Waals surface area (Å²) in [6.07, 6.45) is 1.64. The van der Waals surface area contributed by atoms with E-state index in [1.807, 2.05) is 49.4 Å². The Morgan fingerprint density at radius 1 is 1.12 bits per heavy atom. The first-order chi connectivity index (χ1) is 12.1. The van der Waals surface area contributed by atoms with E-state index in [4.69, 9.17) is 4.74 Å². The maximum Gasteiger partial charge on any atom is 0.271 e. The topological polar surface area (TPSA) is 50.7 Å². The smallest absolute Gasteiger partial charge is 0.271 e. The van der Waals surface area contributed by atoms with Gasteiger partial charge in [-0.05, 0) is 42.1 Å². The maximum atomic E-state index is 12.2. The Morgan fingerprint density at radius 3 is 2.60 bits per heavy atom. The Labute approximate surface area is 154 Å². The van der Waals surface area contributed by atoms with E-state index in [1.165, 1.54) is 0 Å². The number of hydrogen-bond donors (Lipinski definition) is 1. The first-order valence-electron chi connectivity index (χ1n) is 7.75. The van der Waals surface area contributed by atoms with E-state index in [-0.39, 0.29) is 5.91 Å².